The summed E-state index contributed by atoms with van der Waals surface area (Å²) in [6, 6.07) is 8.66. The maximum absolute atomic E-state index is 14.7. The number of rotatable bonds is 25. The predicted molar refractivity (Wildman–Crippen MR) is 355 cm³/mol. The molecule has 12 rings (SSSR count). The van der Waals surface area contributed by atoms with Gasteiger partial charge < -0.3 is 94.1 Å². The van der Waals surface area contributed by atoms with Crippen molar-refractivity contribution in [3.05, 3.63) is 107 Å². The van der Waals surface area contributed by atoms with E-state index < -0.39 is 201 Å². The van der Waals surface area contributed by atoms with Gasteiger partial charge in [-0.25, -0.2) is 36.1 Å². The zero-order valence-electron chi connectivity index (χ0n) is 58.5. The minimum absolute atomic E-state index is 0.0000585. The van der Waals surface area contributed by atoms with Gasteiger partial charge in [-0.3, -0.25) is 14.4 Å². The van der Waals surface area contributed by atoms with Crippen molar-refractivity contribution in [1.82, 2.24) is 40.2 Å². The van der Waals surface area contributed by atoms with Crippen LogP contribution in [0.15, 0.2) is 67.0 Å². The maximum Gasteiger partial charge on any atom is 0.338 e. The number of likely N-dealkylation sites (tertiary alicyclic amines) is 1. The second-order valence-corrected chi connectivity index (χ2v) is 29.0. The van der Waals surface area contributed by atoms with Gasteiger partial charge in [0.25, 0.3) is 5.91 Å². The number of nitrogens with zero attached hydrogens (tertiary/aromatic N) is 7. The van der Waals surface area contributed by atoms with E-state index in [0.29, 0.717) is 25.2 Å². The Morgan fingerprint density at radius 2 is 1.24 bits per heavy atom. The third-order valence-electron chi connectivity index (χ3n) is 21.7. The van der Waals surface area contributed by atoms with Crippen LogP contribution in [0.3, 0.4) is 0 Å². The quantitative estimate of drug-likeness (QED) is 0.0174. The second kappa shape index (κ2) is 34.3. The van der Waals surface area contributed by atoms with Crippen molar-refractivity contribution in [2.75, 3.05) is 32.8 Å². The van der Waals surface area contributed by atoms with E-state index in [0.717, 1.165) is 54.0 Å². The van der Waals surface area contributed by atoms with Crippen molar-refractivity contribution in [3.63, 3.8) is 0 Å². The molecule has 0 radical (unpaired) electrons. The van der Waals surface area contributed by atoms with Gasteiger partial charge in [0.05, 0.1) is 61.6 Å². The molecule has 580 valence electrons. The first kappa shape index (κ1) is 78.6. The fraction of sp³-hybridized carbons (Fsp3) is 0.639. The summed E-state index contributed by atoms with van der Waals surface area (Å²) in [6.45, 7) is 3.71. The molecular weight excluding hydrogens is 1410 g/mol. The smallest absolute Gasteiger partial charge is 0.338 e. The Labute approximate surface area is 605 Å². The number of ketones is 1. The zero-order valence-corrected chi connectivity index (χ0v) is 58.5. The van der Waals surface area contributed by atoms with E-state index in [1.54, 1.807) is 30.0 Å². The van der Waals surface area contributed by atoms with Crippen molar-refractivity contribution in [1.29, 1.82) is 0 Å². The van der Waals surface area contributed by atoms with Gasteiger partial charge in [0, 0.05) is 49.0 Å². The van der Waals surface area contributed by atoms with Crippen LogP contribution in [0.4, 0.5) is 22.0 Å². The highest BCUT2D eigenvalue weighted by Gasteiger charge is 2.55. The number of aliphatic hydroxyl groups excluding tert-OH is 9. The molecule has 24 atom stereocenters. The van der Waals surface area contributed by atoms with E-state index in [1.165, 1.54) is 44.4 Å². The molecule has 10 N–H and O–H groups in total. The number of amides is 2. The lowest BCUT2D eigenvalue weighted by Crippen LogP contribution is -2.64. The van der Waals surface area contributed by atoms with Crippen LogP contribution in [0.25, 0.3) is 22.5 Å². The molecule has 29 nitrogen and oxygen atoms in total. The first-order valence-electron chi connectivity index (χ1n) is 36.2. The number of esters is 1. The first-order chi connectivity index (χ1) is 50.8. The lowest BCUT2D eigenvalue weighted by molar-refractivity contribution is -0.349. The number of aromatic nitrogens is 6. The average Bonchev–Trinajstić information content (AvgIpc) is 0.989. The molecule has 2 amide bonds. The molecule has 0 spiro atoms. The molecule has 2 aromatic heterocycles. The number of carbonyl (C=O) groups excluding carboxylic acids is 4. The highest BCUT2D eigenvalue weighted by molar-refractivity contribution is 5.89. The van der Waals surface area contributed by atoms with Crippen LogP contribution in [0, 0.1) is 59.7 Å². The fourth-order valence-corrected chi connectivity index (χ4v) is 15.6. The van der Waals surface area contributed by atoms with E-state index in [2.05, 4.69) is 25.9 Å². The molecule has 4 saturated heterocycles. The number of Topliss-reactive ketones (excluding diaryl/α,β-unsaturated/α-hetero) is 1. The van der Waals surface area contributed by atoms with Crippen molar-refractivity contribution < 1.29 is 125 Å². The normalized spacial score (nSPS) is 34.0. The van der Waals surface area contributed by atoms with Crippen molar-refractivity contribution >= 4 is 23.6 Å². The Balaban J connectivity index is 0.775. The number of ether oxygens (including phenoxy) is 8. The van der Waals surface area contributed by atoms with E-state index >= 15 is 0 Å². The van der Waals surface area contributed by atoms with Gasteiger partial charge in [-0.2, -0.15) is 0 Å². The summed E-state index contributed by atoms with van der Waals surface area (Å²) in [5.74, 6) is -11.8. The first-order valence-corrected chi connectivity index (χ1v) is 36.2. The van der Waals surface area contributed by atoms with E-state index in [4.69, 9.17) is 37.9 Å². The van der Waals surface area contributed by atoms with Crippen molar-refractivity contribution in [3.8, 4) is 22.5 Å². The SMILES string of the molecule is Cc1cc(-c2cn([C@H]3C(O)[C@H](O[C@@H]4C[C@@H](C(=O)NCCCC(=O)C5C[C@@H](C)C(O[C@@H]6OC(C)[C@@H](O)[C@H](O)C6O)[C@H](O[C@@H]6O[C@@H](CO)[C@H](O)C(O[C@@H](CC7CCCCC7)C(=O)N7CCC7)C6OC(=O)c6ccccc6)C5)CC(n5cc(-c6cc(F)c(F)c(F)c6)nn5)C4O)OC(CO)[C@@H]3O)nn2)cc(F)c1F. The van der Waals surface area contributed by atoms with Crippen LogP contribution in [-0.2, 0) is 52.3 Å². The minimum atomic E-state index is -1.89. The Hall–Kier alpha value is -6.97. The van der Waals surface area contributed by atoms with Crippen LogP contribution < -0.4 is 5.32 Å². The van der Waals surface area contributed by atoms with E-state index in [-0.39, 0.29) is 103 Å². The minimum Gasteiger partial charge on any atom is -0.450 e. The van der Waals surface area contributed by atoms with Crippen LogP contribution in [0.2, 0.25) is 0 Å². The molecule has 34 heteroatoms. The number of hydrogen-bond donors (Lipinski definition) is 10. The van der Waals surface area contributed by atoms with E-state index in [1.807, 2.05) is 0 Å². The molecule has 5 aromatic rings. The maximum atomic E-state index is 14.7. The van der Waals surface area contributed by atoms with Crippen molar-refractivity contribution in [2.45, 2.75) is 233 Å². The number of carbonyl (C=O) groups is 4. The molecule has 3 aromatic carbocycles. The van der Waals surface area contributed by atoms with Gasteiger partial charge in [0.2, 0.25) is 5.91 Å². The van der Waals surface area contributed by atoms with Crippen LogP contribution in [-0.4, -0.2) is 254 Å². The lowest BCUT2D eigenvalue weighted by atomic mass is 9.75. The Morgan fingerprint density at radius 3 is 1.90 bits per heavy atom. The number of hydrogen-bond acceptors (Lipinski definition) is 25. The molecule has 7 aliphatic rings. The van der Waals surface area contributed by atoms with Crippen LogP contribution in [0.5, 0.6) is 0 Å². The van der Waals surface area contributed by atoms with Gasteiger partial charge in [-0.05, 0) is 113 Å². The Kier molecular flexibility index (Phi) is 25.4. The predicted octanol–water partition coefficient (Wildman–Crippen LogP) is 2.95. The summed E-state index contributed by atoms with van der Waals surface area (Å²) in [4.78, 5) is 59.6. The molecule has 106 heavy (non-hydrogen) atoms. The molecule has 0 bridgehead atoms. The number of aliphatic hydroxyl groups is 9. The van der Waals surface area contributed by atoms with Gasteiger partial charge in [-0.1, -0.05) is 67.7 Å². The fourth-order valence-electron chi connectivity index (χ4n) is 15.6. The number of nitrogens with one attached hydrogen (secondary N) is 1. The van der Waals surface area contributed by atoms with Crippen LogP contribution in [0.1, 0.15) is 125 Å². The number of halogens is 5. The lowest BCUT2D eigenvalue weighted by Gasteiger charge is -2.48. The second-order valence-electron chi connectivity index (χ2n) is 29.0. The van der Waals surface area contributed by atoms with Gasteiger partial charge in [-0.15, -0.1) is 10.2 Å². The zero-order chi connectivity index (χ0) is 75.5. The summed E-state index contributed by atoms with van der Waals surface area (Å²) in [5.41, 5.74) is -0.278. The molecule has 4 aliphatic heterocycles. The molecule has 7 fully saturated rings. The summed E-state index contributed by atoms with van der Waals surface area (Å²) >= 11 is 0. The average molecular weight is 1500 g/mol. The highest BCUT2D eigenvalue weighted by Crippen LogP contribution is 2.43. The third-order valence-corrected chi connectivity index (χ3v) is 21.7. The summed E-state index contributed by atoms with van der Waals surface area (Å²) in [6.07, 6.45) is -22.0. The van der Waals surface area contributed by atoms with E-state index in [9.17, 15) is 87.1 Å². The van der Waals surface area contributed by atoms with Gasteiger partial charge >= 0.3 is 5.97 Å². The number of aryl methyl sites for hydroxylation is 1. The molecule has 3 aliphatic carbocycles. The molecular formula is C72H91F5N8O21. The third kappa shape index (κ3) is 17.2. The summed E-state index contributed by atoms with van der Waals surface area (Å²) in [5, 5.41) is 121. The van der Waals surface area contributed by atoms with Gasteiger partial charge in [0.15, 0.2) is 54.1 Å². The highest BCUT2D eigenvalue weighted by atomic mass is 19.2. The Bertz CT molecular complexity index is 3800. The monoisotopic (exact) mass is 1500 g/mol. The summed E-state index contributed by atoms with van der Waals surface area (Å²) in [7, 11) is 0. The standard InChI is InChI=1S/C72H91F5N8O21/c1-33-20-38(23-42(73)54(33)76)46-30-85(82-80-46)56-59(91)52(31-86)103-70(61(56)93)101-49-28-41(26-47(58(49)90)84-29-45(79-81-84)39-24-43(74)55(77)44(75)25-39)67(96)78-17-10-16-48(88)40-21-34(2)64(106-71-63(95)62(94)57(89)35(3)99-71)50(27-40)102-72-66(105-69(98)37-14-8-5-9-15-37)65(60(92)53(32-87)104-72)100-51(68(97)83-18-11-19-83)22-36-12-6-4-7-13-36/h5,8-9,14-15,20,23-25,29-30,34-36,40-41,47,49-53,56-66,70-72,86-87,89-95H,4,6-7,10-13,16-19,21-22,26-28,31-32H2,1-3H3,(H,78,96)/t34-,35?,40?,41+,47?,49-,50-,51+,52?,53+,56-,57-,58?,59+,60+,61?,62+,63?,64?,65?,66?,70-,71+,72-/m1/s1. The molecule has 10 unspecified atom stereocenters. The van der Waals surface area contributed by atoms with Crippen molar-refractivity contribution in [2.24, 2.45) is 23.7 Å². The topological polar surface area (TPSA) is 401 Å². The summed E-state index contributed by atoms with van der Waals surface area (Å²) < 4.78 is 125. The Morgan fingerprint density at radius 1 is 0.623 bits per heavy atom. The molecule has 6 heterocycles. The molecule has 3 saturated carbocycles. The largest absolute Gasteiger partial charge is 0.450 e. The number of benzene rings is 3. The van der Waals surface area contributed by atoms with Crippen LogP contribution >= 0.6 is 0 Å². The van der Waals surface area contributed by atoms with Gasteiger partial charge in [0.1, 0.15) is 90.4 Å².